The molecule has 1 aromatic rings. The van der Waals surface area contributed by atoms with E-state index in [-0.39, 0.29) is 13.2 Å². The highest BCUT2D eigenvalue weighted by atomic mass is 16.5. The molecule has 0 amide bonds. The summed E-state index contributed by atoms with van der Waals surface area (Å²) in [6.07, 6.45) is 0.932. The average molecular weight is 254 g/mol. The molecule has 4 N–H and O–H groups in total. The van der Waals surface area contributed by atoms with Gasteiger partial charge in [0.15, 0.2) is 0 Å². The minimum absolute atomic E-state index is 0.0277. The molecule has 18 heavy (non-hydrogen) atoms. The maximum absolute atomic E-state index is 9.02. The lowest BCUT2D eigenvalue weighted by molar-refractivity contribution is 0.281. The molecular formula is C13H22N2O3. The smallest absolute Gasteiger partial charge is 0.123 e. The summed E-state index contributed by atoms with van der Waals surface area (Å²) in [4.78, 5) is 1.87. The van der Waals surface area contributed by atoms with E-state index in [0.29, 0.717) is 31.1 Å². The van der Waals surface area contributed by atoms with Gasteiger partial charge in [0.1, 0.15) is 5.75 Å². The lowest BCUT2D eigenvalue weighted by atomic mass is 10.2. The van der Waals surface area contributed by atoms with E-state index in [1.165, 1.54) is 0 Å². The van der Waals surface area contributed by atoms with Crippen molar-refractivity contribution in [2.24, 2.45) is 0 Å². The predicted octanol–water partition coefficient (Wildman–Crippen LogP) is 0.849. The van der Waals surface area contributed by atoms with Crippen LogP contribution in [0.4, 0.5) is 11.4 Å². The van der Waals surface area contributed by atoms with E-state index in [4.69, 9.17) is 20.7 Å². The number of hydrogen-bond donors (Lipinski definition) is 3. The fourth-order valence-electron chi connectivity index (χ4n) is 1.70. The molecule has 0 atom stereocenters. The van der Waals surface area contributed by atoms with Crippen molar-refractivity contribution in [3.8, 4) is 5.75 Å². The second kappa shape index (κ2) is 7.79. The first-order valence-corrected chi connectivity index (χ1v) is 6.21. The Labute approximate surface area is 108 Å². The van der Waals surface area contributed by atoms with Crippen LogP contribution in [-0.2, 0) is 0 Å². The number of ether oxygens (including phenoxy) is 1. The highest BCUT2D eigenvalue weighted by Gasteiger charge is 2.08. The van der Waals surface area contributed by atoms with Crippen LogP contribution in [0.15, 0.2) is 18.2 Å². The van der Waals surface area contributed by atoms with Crippen molar-refractivity contribution in [3.63, 3.8) is 0 Å². The molecule has 0 heterocycles. The van der Waals surface area contributed by atoms with Crippen LogP contribution in [-0.4, -0.2) is 43.1 Å². The summed E-state index contributed by atoms with van der Waals surface area (Å²) in [5, 5.41) is 18.0. The number of aliphatic hydroxyl groups is 2. The van der Waals surface area contributed by atoms with Gasteiger partial charge in [-0.3, -0.25) is 0 Å². The van der Waals surface area contributed by atoms with Crippen LogP contribution in [0, 0.1) is 0 Å². The molecule has 0 aromatic heterocycles. The quantitative estimate of drug-likeness (QED) is 0.599. The van der Waals surface area contributed by atoms with Gasteiger partial charge in [0.25, 0.3) is 0 Å². The number of aliphatic hydroxyl groups excluding tert-OH is 2. The molecule has 0 radical (unpaired) electrons. The van der Waals surface area contributed by atoms with Gasteiger partial charge in [0, 0.05) is 36.6 Å². The number of nitrogen functional groups attached to an aromatic ring is 1. The van der Waals surface area contributed by atoms with Gasteiger partial charge in [0.05, 0.1) is 19.8 Å². The fraction of sp³-hybridized carbons (Fsp3) is 0.538. The van der Waals surface area contributed by atoms with Crippen molar-refractivity contribution < 1.29 is 14.9 Å². The van der Waals surface area contributed by atoms with E-state index in [0.717, 1.165) is 12.1 Å². The third-order valence-electron chi connectivity index (χ3n) is 2.49. The first-order chi connectivity index (χ1) is 8.71. The van der Waals surface area contributed by atoms with Crippen LogP contribution in [0.3, 0.4) is 0 Å². The lowest BCUT2D eigenvalue weighted by Gasteiger charge is -2.24. The normalized spacial score (nSPS) is 10.4. The Morgan fingerprint density at radius 1 is 1.17 bits per heavy atom. The fourth-order valence-corrected chi connectivity index (χ4v) is 1.70. The van der Waals surface area contributed by atoms with Crippen molar-refractivity contribution in [1.82, 2.24) is 0 Å². The third-order valence-corrected chi connectivity index (χ3v) is 2.49. The van der Waals surface area contributed by atoms with E-state index >= 15 is 0 Å². The molecule has 1 aromatic carbocycles. The first-order valence-electron chi connectivity index (χ1n) is 6.21. The largest absolute Gasteiger partial charge is 0.493 e. The summed E-state index contributed by atoms with van der Waals surface area (Å²) < 4.78 is 5.55. The van der Waals surface area contributed by atoms with Gasteiger partial charge in [-0.25, -0.2) is 0 Å². The summed E-state index contributed by atoms with van der Waals surface area (Å²) in [7, 11) is 0. The van der Waals surface area contributed by atoms with Crippen molar-refractivity contribution in [3.05, 3.63) is 18.2 Å². The molecule has 0 aliphatic heterocycles. The SMILES string of the molecule is CCCOc1cc(N)cc(N(CCO)CCO)c1. The minimum atomic E-state index is 0.0277. The number of anilines is 2. The second-order valence-corrected chi connectivity index (χ2v) is 4.04. The molecule has 0 unspecified atom stereocenters. The standard InChI is InChI=1S/C13H22N2O3/c1-2-7-18-13-9-11(14)8-12(10-13)15(3-5-16)4-6-17/h8-10,16-17H,2-7,14H2,1H3. The molecule has 0 bridgehead atoms. The van der Waals surface area contributed by atoms with Crippen LogP contribution in [0.25, 0.3) is 0 Å². The van der Waals surface area contributed by atoms with Crippen LogP contribution in [0.2, 0.25) is 0 Å². The molecule has 1 rings (SSSR count). The zero-order valence-electron chi connectivity index (χ0n) is 10.8. The molecule has 0 aliphatic carbocycles. The zero-order valence-corrected chi connectivity index (χ0v) is 10.8. The van der Waals surface area contributed by atoms with Gasteiger partial charge < -0.3 is 25.6 Å². The average Bonchev–Trinajstić information content (AvgIpc) is 2.35. The van der Waals surface area contributed by atoms with Gasteiger partial charge in [-0.15, -0.1) is 0 Å². The Balaban J connectivity index is 2.87. The zero-order chi connectivity index (χ0) is 13.4. The Kier molecular flexibility index (Phi) is 6.32. The van der Waals surface area contributed by atoms with Gasteiger partial charge in [-0.1, -0.05) is 6.92 Å². The summed E-state index contributed by atoms with van der Waals surface area (Å²) in [5.41, 5.74) is 7.29. The topological polar surface area (TPSA) is 79.0 Å². The van der Waals surface area contributed by atoms with E-state index in [1.807, 2.05) is 24.0 Å². The Morgan fingerprint density at radius 3 is 2.39 bits per heavy atom. The Morgan fingerprint density at radius 2 is 1.83 bits per heavy atom. The summed E-state index contributed by atoms with van der Waals surface area (Å²) in [5.74, 6) is 0.715. The monoisotopic (exact) mass is 254 g/mol. The molecule has 5 heteroatoms. The molecular weight excluding hydrogens is 232 g/mol. The van der Waals surface area contributed by atoms with E-state index in [9.17, 15) is 0 Å². The van der Waals surface area contributed by atoms with Gasteiger partial charge in [-0.05, 0) is 12.5 Å². The van der Waals surface area contributed by atoms with Crippen LogP contribution >= 0.6 is 0 Å². The van der Waals surface area contributed by atoms with Gasteiger partial charge >= 0.3 is 0 Å². The predicted molar refractivity (Wildman–Crippen MR) is 73.0 cm³/mol. The molecule has 0 saturated carbocycles. The van der Waals surface area contributed by atoms with Crippen LogP contribution in [0.5, 0.6) is 5.75 Å². The summed E-state index contributed by atoms with van der Waals surface area (Å²) >= 11 is 0. The number of nitrogens with two attached hydrogens (primary N) is 1. The van der Waals surface area contributed by atoms with Crippen molar-refractivity contribution in [1.29, 1.82) is 0 Å². The number of rotatable bonds is 8. The van der Waals surface area contributed by atoms with Crippen molar-refractivity contribution in [2.75, 3.05) is 43.5 Å². The van der Waals surface area contributed by atoms with Crippen LogP contribution < -0.4 is 15.4 Å². The van der Waals surface area contributed by atoms with Gasteiger partial charge in [0.2, 0.25) is 0 Å². The van der Waals surface area contributed by atoms with E-state index < -0.39 is 0 Å². The van der Waals surface area contributed by atoms with Gasteiger partial charge in [-0.2, -0.15) is 0 Å². The minimum Gasteiger partial charge on any atom is -0.493 e. The van der Waals surface area contributed by atoms with Crippen molar-refractivity contribution in [2.45, 2.75) is 13.3 Å². The molecule has 0 aliphatic rings. The Hall–Kier alpha value is -1.46. The maximum atomic E-state index is 9.02. The molecule has 0 fully saturated rings. The molecule has 102 valence electrons. The molecule has 0 spiro atoms. The number of nitrogens with zero attached hydrogens (tertiary/aromatic N) is 1. The Bertz CT molecular complexity index is 352. The second-order valence-electron chi connectivity index (χ2n) is 4.04. The highest BCUT2D eigenvalue weighted by Crippen LogP contribution is 2.25. The molecule has 5 nitrogen and oxygen atoms in total. The van der Waals surface area contributed by atoms with E-state index in [1.54, 1.807) is 6.07 Å². The molecule has 0 saturated heterocycles. The third kappa shape index (κ3) is 4.43. The van der Waals surface area contributed by atoms with E-state index in [2.05, 4.69) is 0 Å². The maximum Gasteiger partial charge on any atom is 0.123 e. The van der Waals surface area contributed by atoms with Crippen molar-refractivity contribution >= 4 is 11.4 Å². The van der Waals surface area contributed by atoms with Crippen LogP contribution in [0.1, 0.15) is 13.3 Å². The first kappa shape index (κ1) is 14.6. The lowest BCUT2D eigenvalue weighted by Crippen LogP contribution is -2.29. The summed E-state index contributed by atoms with van der Waals surface area (Å²) in [6, 6.07) is 5.46. The highest BCUT2D eigenvalue weighted by molar-refractivity contribution is 5.60. The number of benzene rings is 1. The summed E-state index contributed by atoms with van der Waals surface area (Å²) in [6.45, 7) is 3.65. The number of hydrogen-bond acceptors (Lipinski definition) is 5.